The highest BCUT2D eigenvalue weighted by atomic mass is 16.4. The Labute approximate surface area is 180 Å². The molecule has 0 aromatic rings. The fourth-order valence-electron chi connectivity index (χ4n) is 3.13. The molecule has 0 aromatic heterocycles. The number of carbonyl (C=O) groups is 2. The predicted octanol–water partition coefficient (Wildman–Crippen LogP) is 4.94. The summed E-state index contributed by atoms with van der Waals surface area (Å²) in [7, 11) is 6.89. The van der Waals surface area contributed by atoms with Gasteiger partial charge in [0.25, 0.3) is 0 Å². The molecule has 0 aliphatic rings. The van der Waals surface area contributed by atoms with Crippen LogP contribution in [0.2, 0.25) is 0 Å². The van der Waals surface area contributed by atoms with E-state index in [2.05, 4.69) is 28.1 Å². The van der Waals surface area contributed by atoms with Crippen molar-refractivity contribution in [3.05, 3.63) is 0 Å². The summed E-state index contributed by atoms with van der Waals surface area (Å²) in [5, 5.41) is 16.3. The van der Waals surface area contributed by atoms with Gasteiger partial charge in [-0.2, -0.15) is 0 Å². The summed E-state index contributed by atoms with van der Waals surface area (Å²) in [6, 6.07) is 0. The highest BCUT2D eigenvalue weighted by Crippen LogP contribution is 2.13. The van der Waals surface area contributed by atoms with E-state index in [0.717, 1.165) is 4.48 Å². The summed E-state index contributed by atoms with van der Waals surface area (Å²) >= 11 is 0. The van der Waals surface area contributed by atoms with Gasteiger partial charge in [0.2, 0.25) is 0 Å². The number of aliphatic carboxylic acids is 2. The van der Waals surface area contributed by atoms with E-state index in [1.165, 1.54) is 109 Å². The van der Waals surface area contributed by atoms with Crippen LogP contribution in [-0.2, 0) is 9.59 Å². The molecule has 0 radical (unpaired) electrons. The van der Waals surface area contributed by atoms with E-state index in [1.807, 2.05) is 0 Å². The first kappa shape index (κ1) is 32.5. The summed E-state index contributed by atoms with van der Waals surface area (Å²) in [4.78, 5) is 18.0. The van der Waals surface area contributed by atoms with Crippen LogP contribution in [0.3, 0.4) is 0 Å². The summed E-state index contributed by atoms with van der Waals surface area (Å²) in [5.74, 6) is -4.01. The zero-order chi connectivity index (χ0) is 21.7. The normalized spacial score (nSPS) is 10.6. The van der Waals surface area contributed by atoms with Gasteiger partial charge in [0.1, 0.15) is 0 Å². The zero-order valence-electron chi connectivity index (χ0n) is 19.8. The molecule has 29 heavy (non-hydrogen) atoms. The number of carboxylic acid groups (broad SMARTS) is 2. The molecule has 6 nitrogen and oxygen atoms in total. The predicted molar refractivity (Wildman–Crippen MR) is 120 cm³/mol. The molecule has 0 heterocycles. The van der Waals surface area contributed by atoms with E-state index < -0.39 is 11.9 Å². The number of carboxylic acids is 2. The maximum Gasteiger partial charge on any atom is 0.351 e. The first-order valence-corrected chi connectivity index (χ1v) is 11.5. The molecule has 0 aliphatic carbocycles. The molecule has 0 aromatic carbocycles. The minimum absolute atomic E-state index is 0. The molecule has 0 saturated heterocycles. The Morgan fingerprint density at radius 3 is 1.10 bits per heavy atom. The molecule has 0 spiro atoms. The molecule has 4 N–H and O–H groups in total. The largest absolute Gasteiger partial charge is 0.539 e. The third-order valence-electron chi connectivity index (χ3n) is 4.86. The number of rotatable bonds is 17. The molecule has 0 atom stereocenters. The smallest absolute Gasteiger partial charge is 0.351 e. The average molecular weight is 419 g/mol. The second kappa shape index (κ2) is 23.1. The van der Waals surface area contributed by atoms with Crippen molar-refractivity contribution in [3.63, 3.8) is 0 Å². The Morgan fingerprint density at radius 2 is 0.897 bits per heavy atom. The summed E-state index contributed by atoms with van der Waals surface area (Å²) in [6.45, 7) is 3.63. The van der Waals surface area contributed by atoms with E-state index in [4.69, 9.17) is 19.8 Å². The Kier molecular flexibility index (Phi) is 26.0. The summed E-state index contributed by atoms with van der Waals surface area (Å²) < 4.78 is 1.12. The van der Waals surface area contributed by atoms with Crippen LogP contribution in [0.15, 0.2) is 0 Å². The number of unbranched alkanes of at least 4 members (excludes halogenated alkanes) is 15. The van der Waals surface area contributed by atoms with Gasteiger partial charge in [-0.05, 0) is 12.8 Å². The van der Waals surface area contributed by atoms with Crippen LogP contribution < -0.4 is 11.3 Å². The number of quaternary nitrogens is 1. The number of nitrogens with zero attached hydrogens (tertiary/aromatic N) is 1. The molecule has 176 valence electrons. The lowest BCUT2D eigenvalue weighted by Crippen LogP contribution is -2.35. The van der Waals surface area contributed by atoms with Crippen molar-refractivity contribution in [2.45, 2.75) is 110 Å². The third kappa shape index (κ3) is 34.7. The zero-order valence-corrected chi connectivity index (χ0v) is 19.8. The first-order chi connectivity index (χ1) is 13.2. The number of carbonyl (C=O) groups excluding carboxylic acids is 1. The van der Waals surface area contributed by atoms with Gasteiger partial charge in [0.05, 0.1) is 27.7 Å². The minimum Gasteiger partial charge on any atom is -0.539 e. The van der Waals surface area contributed by atoms with Gasteiger partial charge in [-0.1, -0.05) is 96.8 Å². The quantitative estimate of drug-likeness (QED) is 0.197. The third-order valence-corrected chi connectivity index (χ3v) is 4.86. The molecular formula is C23H50N2O4. The van der Waals surface area contributed by atoms with Crippen LogP contribution >= 0.6 is 0 Å². The second-order valence-corrected chi connectivity index (χ2v) is 8.91. The highest BCUT2D eigenvalue weighted by molar-refractivity contribution is 6.26. The minimum atomic E-state index is -2.07. The van der Waals surface area contributed by atoms with Gasteiger partial charge >= 0.3 is 5.97 Å². The lowest BCUT2D eigenvalue weighted by Gasteiger charge is -2.23. The SMILES string of the molecule is CCCCCCCCCCCCCCCCCC[N+](C)(C)C.N.O=C([O-])C(=O)O. The van der Waals surface area contributed by atoms with Crippen LogP contribution in [0, 0.1) is 0 Å². The molecule has 0 rings (SSSR count). The molecule has 0 amide bonds. The van der Waals surface area contributed by atoms with Crippen LogP contribution in [-0.4, -0.2) is 49.2 Å². The number of hydrogen-bond acceptors (Lipinski definition) is 4. The molecule has 0 unspecified atom stereocenters. The molecule has 0 fully saturated rings. The van der Waals surface area contributed by atoms with Crippen molar-refractivity contribution < 1.29 is 24.3 Å². The van der Waals surface area contributed by atoms with Crippen molar-refractivity contribution in [3.8, 4) is 0 Å². The van der Waals surface area contributed by atoms with E-state index in [1.54, 1.807) is 0 Å². The average Bonchev–Trinajstić information content (AvgIpc) is 2.61. The first-order valence-electron chi connectivity index (χ1n) is 11.5. The van der Waals surface area contributed by atoms with E-state index >= 15 is 0 Å². The van der Waals surface area contributed by atoms with Crippen molar-refractivity contribution >= 4 is 11.9 Å². The van der Waals surface area contributed by atoms with Crippen molar-refractivity contribution in [1.82, 2.24) is 6.15 Å². The Hall–Kier alpha value is -1.14. The van der Waals surface area contributed by atoms with Crippen LogP contribution in [0.25, 0.3) is 0 Å². The van der Waals surface area contributed by atoms with Crippen LogP contribution in [0.4, 0.5) is 0 Å². The standard InChI is InChI=1S/C21H46N.C2H2O4.H3N/c1-5-6-7-8-9-10-11-12-13-14-15-16-17-18-19-20-21-22(2,3)4;3-1(4)2(5)6;/h5-21H2,1-4H3;(H,3,4)(H,5,6);1H3/q+1;;/p-1. The summed E-state index contributed by atoms with van der Waals surface area (Å²) in [5.41, 5.74) is 0. The molecule has 0 bridgehead atoms. The van der Waals surface area contributed by atoms with E-state index in [9.17, 15) is 0 Å². The van der Waals surface area contributed by atoms with Gasteiger partial charge < -0.3 is 25.6 Å². The van der Waals surface area contributed by atoms with Gasteiger partial charge in [0, 0.05) is 0 Å². The second-order valence-electron chi connectivity index (χ2n) is 8.91. The van der Waals surface area contributed by atoms with Gasteiger partial charge in [-0.25, -0.2) is 4.79 Å². The molecule has 0 saturated carbocycles. The maximum atomic E-state index is 9.04. The number of hydrogen-bond donors (Lipinski definition) is 2. The Balaban J connectivity index is -0.000000837. The van der Waals surface area contributed by atoms with Crippen molar-refractivity contribution in [2.24, 2.45) is 0 Å². The van der Waals surface area contributed by atoms with E-state index in [0.29, 0.717) is 0 Å². The monoisotopic (exact) mass is 418 g/mol. The van der Waals surface area contributed by atoms with Gasteiger partial charge in [-0.15, -0.1) is 0 Å². The van der Waals surface area contributed by atoms with Gasteiger partial charge in [0.15, 0.2) is 5.97 Å². The lowest BCUT2D eigenvalue weighted by molar-refractivity contribution is -0.870. The molecular weight excluding hydrogens is 368 g/mol. The maximum absolute atomic E-state index is 9.04. The Bertz CT molecular complexity index is 356. The van der Waals surface area contributed by atoms with E-state index in [-0.39, 0.29) is 6.15 Å². The summed E-state index contributed by atoms with van der Waals surface area (Å²) in [6.07, 6.45) is 23.4. The highest BCUT2D eigenvalue weighted by Gasteiger charge is 2.04. The fraction of sp³-hybridized carbons (Fsp3) is 0.913. The van der Waals surface area contributed by atoms with Crippen molar-refractivity contribution in [2.75, 3.05) is 27.7 Å². The molecule has 6 heteroatoms. The molecule has 0 aliphatic heterocycles. The lowest BCUT2D eigenvalue weighted by atomic mass is 10.0. The topological polar surface area (TPSA) is 112 Å². The fourth-order valence-corrected chi connectivity index (χ4v) is 3.13. The van der Waals surface area contributed by atoms with Crippen LogP contribution in [0.1, 0.15) is 110 Å². The van der Waals surface area contributed by atoms with Crippen molar-refractivity contribution in [1.29, 1.82) is 0 Å². The van der Waals surface area contributed by atoms with Gasteiger partial charge in [-0.3, -0.25) is 0 Å². The Morgan fingerprint density at radius 1 is 0.655 bits per heavy atom. The van der Waals surface area contributed by atoms with Crippen LogP contribution in [0.5, 0.6) is 0 Å².